The first-order valence-electron chi connectivity index (χ1n) is 8.83. The molecule has 3 aromatic rings. The van der Waals surface area contributed by atoms with Crippen molar-refractivity contribution in [2.45, 2.75) is 30.8 Å². The molecule has 2 unspecified atom stereocenters. The molecule has 4 nitrogen and oxygen atoms in total. The number of aryl methyl sites for hydroxylation is 2. The summed E-state index contributed by atoms with van der Waals surface area (Å²) in [5.41, 5.74) is 9.98. The molecule has 5 heteroatoms. The standard InChI is InChI=1S/C22H24N2O2S/c1-16-13-17(2)15-20(14-16)27(25,26)24-22(19-11-7-4-8-12-19)21(23)18-9-5-3-6-10-18/h3-15,21-22,24H,23H2,1-2H3. The Bertz CT molecular complexity index is 983. The first kappa shape index (κ1) is 19.3. The van der Waals surface area contributed by atoms with Gasteiger partial charge in [-0.1, -0.05) is 66.7 Å². The highest BCUT2D eigenvalue weighted by Gasteiger charge is 2.27. The van der Waals surface area contributed by atoms with E-state index in [2.05, 4.69) is 4.72 Å². The average molecular weight is 381 g/mol. The molecule has 0 aliphatic rings. The summed E-state index contributed by atoms with van der Waals surface area (Å²) < 4.78 is 29.0. The van der Waals surface area contributed by atoms with Crippen molar-refractivity contribution in [3.63, 3.8) is 0 Å². The van der Waals surface area contributed by atoms with Crippen molar-refractivity contribution in [2.24, 2.45) is 5.73 Å². The minimum Gasteiger partial charge on any atom is -0.322 e. The quantitative estimate of drug-likeness (QED) is 0.678. The zero-order chi connectivity index (χ0) is 19.4. The second kappa shape index (κ2) is 8.05. The Balaban J connectivity index is 2.01. The third kappa shape index (κ3) is 4.63. The topological polar surface area (TPSA) is 72.2 Å². The predicted molar refractivity (Wildman–Crippen MR) is 109 cm³/mol. The second-order valence-electron chi connectivity index (χ2n) is 6.77. The molecule has 140 valence electrons. The highest BCUT2D eigenvalue weighted by Crippen LogP contribution is 2.29. The van der Waals surface area contributed by atoms with Gasteiger partial charge in [0.15, 0.2) is 0 Å². The summed E-state index contributed by atoms with van der Waals surface area (Å²) >= 11 is 0. The lowest BCUT2D eigenvalue weighted by Crippen LogP contribution is -2.36. The molecule has 0 heterocycles. The van der Waals surface area contributed by atoms with Gasteiger partial charge >= 0.3 is 0 Å². The number of hydrogen-bond acceptors (Lipinski definition) is 3. The van der Waals surface area contributed by atoms with Crippen LogP contribution in [-0.2, 0) is 10.0 Å². The van der Waals surface area contributed by atoms with Crippen LogP contribution in [0.1, 0.15) is 34.3 Å². The molecule has 0 saturated heterocycles. The van der Waals surface area contributed by atoms with Crippen LogP contribution in [0.25, 0.3) is 0 Å². The molecule has 0 fully saturated rings. The number of nitrogens with one attached hydrogen (secondary N) is 1. The number of nitrogens with two attached hydrogens (primary N) is 1. The molecular weight excluding hydrogens is 356 g/mol. The lowest BCUT2D eigenvalue weighted by molar-refractivity contribution is 0.504. The summed E-state index contributed by atoms with van der Waals surface area (Å²) in [5, 5.41) is 0. The number of hydrogen-bond donors (Lipinski definition) is 2. The van der Waals surface area contributed by atoms with E-state index in [0.717, 1.165) is 22.3 Å². The molecule has 0 amide bonds. The maximum absolute atomic E-state index is 13.1. The smallest absolute Gasteiger partial charge is 0.241 e. The highest BCUT2D eigenvalue weighted by molar-refractivity contribution is 7.89. The Hall–Kier alpha value is -2.47. The summed E-state index contributed by atoms with van der Waals surface area (Å²) in [6.45, 7) is 3.77. The van der Waals surface area contributed by atoms with E-state index in [1.54, 1.807) is 12.1 Å². The molecular formula is C22H24N2O2S. The van der Waals surface area contributed by atoms with Gasteiger partial charge in [0.1, 0.15) is 0 Å². The highest BCUT2D eigenvalue weighted by atomic mass is 32.2. The van der Waals surface area contributed by atoms with Gasteiger partial charge in [0.2, 0.25) is 10.0 Å². The van der Waals surface area contributed by atoms with Crippen LogP contribution in [0.3, 0.4) is 0 Å². The molecule has 2 atom stereocenters. The van der Waals surface area contributed by atoms with Crippen LogP contribution in [0.2, 0.25) is 0 Å². The van der Waals surface area contributed by atoms with Gasteiger partial charge in [-0.15, -0.1) is 0 Å². The zero-order valence-electron chi connectivity index (χ0n) is 15.5. The van der Waals surface area contributed by atoms with E-state index in [1.165, 1.54) is 0 Å². The van der Waals surface area contributed by atoms with E-state index in [1.807, 2.05) is 80.6 Å². The molecule has 0 spiro atoms. The SMILES string of the molecule is Cc1cc(C)cc(S(=O)(=O)NC(c2ccccc2)C(N)c2ccccc2)c1. The second-order valence-corrected chi connectivity index (χ2v) is 8.48. The van der Waals surface area contributed by atoms with Crippen LogP contribution in [-0.4, -0.2) is 8.42 Å². The van der Waals surface area contributed by atoms with Crippen molar-refractivity contribution in [3.05, 3.63) is 101 Å². The van der Waals surface area contributed by atoms with Crippen LogP contribution in [0, 0.1) is 13.8 Å². The fraction of sp³-hybridized carbons (Fsp3) is 0.182. The molecule has 27 heavy (non-hydrogen) atoms. The minimum absolute atomic E-state index is 0.251. The maximum atomic E-state index is 13.1. The van der Waals surface area contributed by atoms with E-state index in [-0.39, 0.29) is 4.90 Å². The van der Waals surface area contributed by atoms with Crippen LogP contribution in [0.5, 0.6) is 0 Å². The van der Waals surface area contributed by atoms with Crippen molar-refractivity contribution in [3.8, 4) is 0 Å². The number of rotatable bonds is 6. The first-order valence-corrected chi connectivity index (χ1v) is 10.3. The van der Waals surface area contributed by atoms with E-state index in [9.17, 15) is 8.42 Å². The third-order valence-electron chi connectivity index (χ3n) is 4.49. The van der Waals surface area contributed by atoms with Gasteiger partial charge in [-0.05, 0) is 48.2 Å². The molecule has 3 aromatic carbocycles. The van der Waals surface area contributed by atoms with E-state index in [0.29, 0.717) is 0 Å². The minimum atomic E-state index is -3.74. The Kier molecular flexibility index (Phi) is 5.75. The summed E-state index contributed by atoms with van der Waals surface area (Å²) in [4.78, 5) is 0.251. The maximum Gasteiger partial charge on any atom is 0.241 e. The zero-order valence-corrected chi connectivity index (χ0v) is 16.3. The molecule has 0 aliphatic carbocycles. The van der Waals surface area contributed by atoms with E-state index in [4.69, 9.17) is 5.73 Å². The molecule has 0 aromatic heterocycles. The van der Waals surface area contributed by atoms with Crippen molar-refractivity contribution >= 4 is 10.0 Å². The van der Waals surface area contributed by atoms with Gasteiger partial charge in [-0.2, -0.15) is 0 Å². The van der Waals surface area contributed by atoms with Crippen LogP contribution < -0.4 is 10.5 Å². The lowest BCUT2D eigenvalue weighted by atomic mass is 9.95. The van der Waals surface area contributed by atoms with Crippen molar-refractivity contribution in [1.82, 2.24) is 4.72 Å². The number of sulfonamides is 1. The normalized spacial score (nSPS) is 13.9. The molecule has 0 aliphatic heterocycles. The van der Waals surface area contributed by atoms with Crippen LogP contribution in [0.15, 0.2) is 83.8 Å². The Morgan fingerprint density at radius 1 is 0.778 bits per heavy atom. The summed E-state index contributed by atoms with van der Waals surface area (Å²) in [6.07, 6.45) is 0. The van der Waals surface area contributed by atoms with E-state index < -0.39 is 22.1 Å². The monoisotopic (exact) mass is 380 g/mol. The Morgan fingerprint density at radius 3 is 1.78 bits per heavy atom. The van der Waals surface area contributed by atoms with Gasteiger partial charge < -0.3 is 5.73 Å². The summed E-state index contributed by atoms with van der Waals surface area (Å²) in [5.74, 6) is 0. The molecule has 0 radical (unpaired) electrons. The molecule has 0 bridgehead atoms. The summed E-state index contributed by atoms with van der Waals surface area (Å²) in [6, 6.07) is 23.1. The van der Waals surface area contributed by atoms with Crippen molar-refractivity contribution in [1.29, 1.82) is 0 Å². The molecule has 0 saturated carbocycles. The van der Waals surface area contributed by atoms with Gasteiger partial charge in [0, 0.05) is 0 Å². The third-order valence-corrected chi connectivity index (χ3v) is 5.91. The Labute approximate surface area is 161 Å². The van der Waals surface area contributed by atoms with Crippen molar-refractivity contribution in [2.75, 3.05) is 0 Å². The predicted octanol–water partition coefficient (Wildman–Crippen LogP) is 4.02. The fourth-order valence-corrected chi connectivity index (χ4v) is 4.64. The first-order chi connectivity index (χ1) is 12.9. The van der Waals surface area contributed by atoms with Gasteiger partial charge in [0.25, 0.3) is 0 Å². The molecule has 3 N–H and O–H groups in total. The van der Waals surface area contributed by atoms with Crippen LogP contribution in [0.4, 0.5) is 0 Å². The summed E-state index contributed by atoms with van der Waals surface area (Å²) in [7, 11) is -3.74. The average Bonchev–Trinajstić information content (AvgIpc) is 2.66. The van der Waals surface area contributed by atoms with E-state index >= 15 is 0 Å². The molecule has 3 rings (SSSR count). The lowest BCUT2D eigenvalue weighted by Gasteiger charge is -2.26. The largest absolute Gasteiger partial charge is 0.322 e. The fourth-order valence-electron chi connectivity index (χ4n) is 3.20. The van der Waals surface area contributed by atoms with Crippen LogP contribution >= 0.6 is 0 Å². The Morgan fingerprint density at radius 2 is 1.26 bits per heavy atom. The number of benzene rings is 3. The van der Waals surface area contributed by atoms with Gasteiger partial charge in [0.05, 0.1) is 17.0 Å². The van der Waals surface area contributed by atoms with Gasteiger partial charge in [-0.3, -0.25) is 0 Å². The van der Waals surface area contributed by atoms with Gasteiger partial charge in [-0.25, -0.2) is 13.1 Å². The van der Waals surface area contributed by atoms with Crippen molar-refractivity contribution < 1.29 is 8.42 Å².